The molecule has 2 heterocycles. The van der Waals surface area contributed by atoms with Crippen molar-refractivity contribution in [1.82, 2.24) is 19.7 Å². The van der Waals surface area contributed by atoms with Crippen molar-refractivity contribution in [2.45, 2.75) is 39.8 Å². The zero-order chi connectivity index (χ0) is 22.2. The van der Waals surface area contributed by atoms with Crippen LogP contribution in [0.1, 0.15) is 31.9 Å². The van der Waals surface area contributed by atoms with Gasteiger partial charge in [0.15, 0.2) is 0 Å². The lowest BCUT2D eigenvalue weighted by atomic mass is 10.0. The highest BCUT2D eigenvalue weighted by molar-refractivity contribution is 5.88. The Labute approximate surface area is 172 Å². The number of rotatable bonds is 3. The first kappa shape index (κ1) is 21.2. The van der Waals surface area contributed by atoms with Crippen molar-refractivity contribution < 1.29 is 23.8 Å². The van der Waals surface area contributed by atoms with E-state index in [4.69, 9.17) is 9.84 Å². The van der Waals surface area contributed by atoms with Crippen LogP contribution in [0, 0.1) is 12.7 Å². The number of carbonyl (C=O) groups is 2. The molecule has 0 aliphatic heterocycles. The van der Waals surface area contributed by atoms with Gasteiger partial charge in [0.1, 0.15) is 11.4 Å². The largest absolute Gasteiger partial charge is 0.463 e. The summed E-state index contributed by atoms with van der Waals surface area (Å²) in [6.45, 7) is 7.27. The number of pyridine rings is 1. The third-order valence-corrected chi connectivity index (χ3v) is 4.36. The number of hydrogen-bond donors (Lipinski definition) is 1. The van der Waals surface area contributed by atoms with Gasteiger partial charge in [-0.1, -0.05) is 6.07 Å². The number of carbonyl (C=O) groups excluding carboxylic acids is 1. The van der Waals surface area contributed by atoms with Crippen LogP contribution in [0.3, 0.4) is 0 Å². The van der Waals surface area contributed by atoms with Crippen molar-refractivity contribution in [3.8, 4) is 11.3 Å². The van der Waals surface area contributed by atoms with Crippen molar-refractivity contribution >= 4 is 23.1 Å². The number of fused-ring (bicyclic) bond motifs is 1. The number of aromatic nitrogens is 3. The normalized spacial score (nSPS) is 11.5. The maximum atomic E-state index is 15.0. The zero-order valence-electron chi connectivity index (χ0n) is 17.4. The molecular formula is C21H23FN4O4. The SMILES string of the molecule is Cc1cc(CN(C)C(=O)OC(C)(C)C)cc(F)c1-c1cc2cnn(C(=O)O)c2cn1. The minimum absolute atomic E-state index is 0.185. The van der Waals surface area contributed by atoms with Crippen LogP contribution in [-0.4, -0.2) is 49.6 Å². The smallest absolute Gasteiger partial charge is 0.432 e. The first-order valence-electron chi connectivity index (χ1n) is 9.27. The van der Waals surface area contributed by atoms with Gasteiger partial charge in [0, 0.05) is 24.5 Å². The van der Waals surface area contributed by atoms with E-state index in [1.165, 1.54) is 23.4 Å². The summed E-state index contributed by atoms with van der Waals surface area (Å²) < 4.78 is 21.1. The highest BCUT2D eigenvalue weighted by Crippen LogP contribution is 2.29. The number of amides is 1. The highest BCUT2D eigenvalue weighted by Gasteiger charge is 2.21. The summed E-state index contributed by atoms with van der Waals surface area (Å²) in [4.78, 5) is 28.9. The Morgan fingerprint density at radius 1 is 1.23 bits per heavy atom. The first-order valence-corrected chi connectivity index (χ1v) is 9.27. The molecule has 0 unspecified atom stereocenters. The van der Waals surface area contributed by atoms with Crippen LogP contribution in [0.4, 0.5) is 14.0 Å². The fourth-order valence-corrected chi connectivity index (χ4v) is 3.12. The van der Waals surface area contributed by atoms with Crippen molar-refractivity contribution in [1.29, 1.82) is 0 Å². The number of hydrogen-bond acceptors (Lipinski definition) is 5. The van der Waals surface area contributed by atoms with Crippen molar-refractivity contribution in [3.05, 3.63) is 47.5 Å². The molecule has 8 nitrogen and oxygen atoms in total. The summed E-state index contributed by atoms with van der Waals surface area (Å²) in [6, 6.07) is 4.74. The van der Waals surface area contributed by atoms with E-state index in [0.29, 0.717) is 33.3 Å². The second-order valence-electron chi connectivity index (χ2n) is 8.07. The number of nitrogens with zero attached hydrogens (tertiary/aromatic N) is 4. The minimum atomic E-state index is -1.22. The van der Waals surface area contributed by atoms with E-state index in [0.717, 1.165) is 4.68 Å². The van der Waals surface area contributed by atoms with Crippen LogP contribution < -0.4 is 0 Å². The van der Waals surface area contributed by atoms with Crippen LogP contribution in [0.5, 0.6) is 0 Å². The van der Waals surface area contributed by atoms with Gasteiger partial charge in [0.2, 0.25) is 0 Å². The third-order valence-electron chi connectivity index (χ3n) is 4.36. The van der Waals surface area contributed by atoms with Gasteiger partial charge in [-0.05, 0) is 51.0 Å². The second-order valence-corrected chi connectivity index (χ2v) is 8.07. The zero-order valence-corrected chi connectivity index (χ0v) is 17.4. The molecule has 0 bridgehead atoms. The van der Waals surface area contributed by atoms with E-state index in [9.17, 15) is 14.0 Å². The third kappa shape index (κ3) is 4.40. The average Bonchev–Trinajstić information content (AvgIpc) is 3.03. The maximum absolute atomic E-state index is 15.0. The predicted octanol–water partition coefficient (Wildman–Crippen LogP) is 4.44. The molecule has 0 spiro atoms. The average molecular weight is 414 g/mol. The lowest BCUT2D eigenvalue weighted by Gasteiger charge is -2.25. The fourth-order valence-electron chi connectivity index (χ4n) is 3.12. The molecule has 158 valence electrons. The lowest BCUT2D eigenvalue weighted by Crippen LogP contribution is -2.33. The number of carboxylic acid groups (broad SMARTS) is 1. The Morgan fingerprint density at radius 2 is 1.93 bits per heavy atom. The molecular weight excluding hydrogens is 391 g/mol. The molecule has 0 atom stereocenters. The van der Waals surface area contributed by atoms with Gasteiger partial charge in [-0.15, -0.1) is 0 Å². The fraction of sp³-hybridized carbons (Fsp3) is 0.333. The Kier molecular flexibility index (Phi) is 5.47. The van der Waals surface area contributed by atoms with Crippen LogP contribution in [-0.2, 0) is 11.3 Å². The van der Waals surface area contributed by atoms with Gasteiger partial charge < -0.3 is 14.7 Å². The first-order chi connectivity index (χ1) is 14.0. The molecule has 2 aromatic heterocycles. The highest BCUT2D eigenvalue weighted by atomic mass is 19.1. The van der Waals surface area contributed by atoms with Crippen molar-refractivity contribution in [2.75, 3.05) is 7.05 Å². The van der Waals surface area contributed by atoms with Gasteiger partial charge in [-0.3, -0.25) is 4.98 Å². The Balaban J connectivity index is 1.89. The molecule has 1 amide bonds. The molecule has 0 radical (unpaired) electrons. The number of halogens is 1. The van der Waals surface area contributed by atoms with Crippen LogP contribution in [0.15, 0.2) is 30.6 Å². The van der Waals surface area contributed by atoms with Crippen molar-refractivity contribution in [2.24, 2.45) is 0 Å². The number of benzene rings is 1. The molecule has 3 rings (SSSR count). The summed E-state index contributed by atoms with van der Waals surface area (Å²) in [5.74, 6) is -0.486. The van der Waals surface area contributed by atoms with Gasteiger partial charge in [-0.25, -0.2) is 14.0 Å². The van der Waals surface area contributed by atoms with Gasteiger partial charge in [0.05, 0.1) is 23.6 Å². The molecule has 0 aliphatic rings. The Bertz CT molecular complexity index is 1110. The van der Waals surface area contributed by atoms with Crippen LogP contribution in [0.2, 0.25) is 0 Å². The summed E-state index contributed by atoms with van der Waals surface area (Å²) >= 11 is 0. The van der Waals surface area contributed by atoms with E-state index in [-0.39, 0.29) is 6.54 Å². The van der Waals surface area contributed by atoms with Crippen molar-refractivity contribution in [3.63, 3.8) is 0 Å². The lowest BCUT2D eigenvalue weighted by molar-refractivity contribution is 0.0285. The number of aryl methyl sites for hydroxylation is 1. The van der Waals surface area contributed by atoms with Gasteiger partial charge >= 0.3 is 12.2 Å². The maximum Gasteiger partial charge on any atom is 0.432 e. The molecule has 0 fully saturated rings. The predicted molar refractivity (Wildman–Crippen MR) is 109 cm³/mol. The second kappa shape index (κ2) is 7.74. The Hall–Kier alpha value is -3.49. The summed E-state index contributed by atoms with van der Waals surface area (Å²) in [5, 5.41) is 13.5. The molecule has 30 heavy (non-hydrogen) atoms. The quantitative estimate of drug-likeness (QED) is 0.680. The molecule has 1 aromatic carbocycles. The molecule has 0 aliphatic carbocycles. The van der Waals surface area contributed by atoms with Gasteiger partial charge in [0.25, 0.3) is 0 Å². The molecule has 0 saturated heterocycles. The number of ether oxygens (including phenoxy) is 1. The van der Waals surface area contributed by atoms with Gasteiger partial charge in [-0.2, -0.15) is 9.78 Å². The minimum Gasteiger partial charge on any atom is -0.463 e. The van der Waals surface area contributed by atoms with E-state index in [1.54, 1.807) is 46.9 Å². The van der Waals surface area contributed by atoms with E-state index in [1.807, 2.05) is 0 Å². The monoisotopic (exact) mass is 414 g/mol. The molecule has 1 N–H and O–H groups in total. The Morgan fingerprint density at radius 3 is 2.53 bits per heavy atom. The van der Waals surface area contributed by atoms with Crippen LogP contribution in [0.25, 0.3) is 22.2 Å². The van der Waals surface area contributed by atoms with E-state index in [2.05, 4.69) is 10.1 Å². The molecule has 0 saturated carbocycles. The van der Waals surface area contributed by atoms with E-state index < -0.39 is 23.6 Å². The molecule has 9 heteroatoms. The topological polar surface area (TPSA) is 97.6 Å². The standard InChI is InChI=1S/C21H23FN4O4/c1-12-6-13(11-25(5)20(29)30-21(2,3)4)7-15(22)18(12)16-8-14-9-24-26(19(27)28)17(14)10-23-16/h6-10H,11H2,1-5H3,(H,27,28). The van der Waals surface area contributed by atoms with E-state index >= 15 is 0 Å². The summed E-state index contributed by atoms with van der Waals surface area (Å²) in [5.41, 5.74) is 1.63. The molecule has 3 aromatic rings. The van der Waals surface area contributed by atoms with Crippen LogP contribution >= 0.6 is 0 Å². The summed E-state index contributed by atoms with van der Waals surface area (Å²) in [7, 11) is 1.59. The summed E-state index contributed by atoms with van der Waals surface area (Å²) in [6.07, 6.45) is 1.04.